The van der Waals surface area contributed by atoms with Gasteiger partial charge in [0.1, 0.15) is 23.4 Å². The second-order valence-corrected chi connectivity index (χ2v) is 10.5. The Balaban J connectivity index is 0.00000127. The summed E-state index contributed by atoms with van der Waals surface area (Å²) in [6.45, 7) is 18.1. The quantitative estimate of drug-likeness (QED) is 0.218. The number of imidazole rings is 1. The molecule has 0 radical (unpaired) electrons. The van der Waals surface area contributed by atoms with Crippen LogP contribution in [0.2, 0.25) is 0 Å². The molecule has 1 unspecified atom stereocenters. The maximum atomic E-state index is 14.6. The number of anilines is 1. The molecule has 1 aliphatic rings. The van der Waals surface area contributed by atoms with E-state index in [1.165, 1.54) is 6.07 Å². The molecule has 0 bridgehead atoms. The Morgan fingerprint density at radius 2 is 1.66 bits per heavy atom. The van der Waals surface area contributed by atoms with Crippen molar-refractivity contribution in [1.29, 1.82) is 5.26 Å². The molecule has 1 amide bonds. The Bertz CT molecular complexity index is 1650. The van der Waals surface area contributed by atoms with E-state index in [2.05, 4.69) is 16.0 Å². The summed E-state index contributed by atoms with van der Waals surface area (Å²) in [5.74, 6) is 0.304. The summed E-state index contributed by atoms with van der Waals surface area (Å²) in [4.78, 5) is 26.9. The number of aryl methyl sites for hydroxylation is 3. The molecule has 1 fully saturated rings. The summed E-state index contributed by atoms with van der Waals surface area (Å²) in [6, 6.07) is 18.9. The van der Waals surface area contributed by atoms with Crippen molar-refractivity contribution in [3.63, 3.8) is 0 Å². The molecule has 5 rings (SSSR count). The number of hydrogen-bond acceptors (Lipinski definition) is 5. The number of para-hydroxylation sites is 1. The van der Waals surface area contributed by atoms with Gasteiger partial charge in [-0.1, -0.05) is 52.8 Å². The Morgan fingerprint density at radius 3 is 2.30 bits per heavy atom. The highest BCUT2D eigenvalue weighted by Gasteiger charge is 2.25. The van der Waals surface area contributed by atoms with Gasteiger partial charge in [0, 0.05) is 44.5 Å². The van der Waals surface area contributed by atoms with Crippen molar-refractivity contribution < 1.29 is 9.18 Å². The lowest BCUT2D eigenvalue weighted by Gasteiger charge is -2.36. The van der Waals surface area contributed by atoms with Gasteiger partial charge in [-0.25, -0.2) is 9.37 Å². The standard InChI is InChI=1S/C32H33FN6O.2C2H6/c1-20-16-21(2)30(26(33)17-20)35-23(4)22(3)31-36-27-11-10-24(18-29(27)37(31)5)32(40)39-14-12-38(13-15-39)28-9-7-6-8-25(28)19-34;2*1-2/h6-11,16-18,22H,12-15H2,1-5H3;2*1-2H3. The zero-order valence-electron chi connectivity index (χ0n) is 27.6. The number of rotatable bonds is 5. The first-order valence-corrected chi connectivity index (χ1v) is 15.5. The number of aliphatic imine (C=N–C) groups is 1. The van der Waals surface area contributed by atoms with Gasteiger partial charge in [0.25, 0.3) is 5.91 Å². The lowest BCUT2D eigenvalue weighted by Crippen LogP contribution is -2.49. The van der Waals surface area contributed by atoms with E-state index < -0.39 is 0 Å². The number of piperazine rings is 1. The number of fused-ring (bicyclic) bond motifs is 1. The Hall–Kier alpha value is -4.51. The molecule has 1 aromatic heterocycles. The second-order valence-electron chi connectivity index (χ2n) is 10.5. The first-order valence-electron chi connectivity index (χ1n) is 15.5. The fourth-order valence-corrected chi connectivity index (χ4v) is 5.42. The van der Waals surface area contributed by atoms with Crippen LogP contribution in [0.4, 0.5) is 15.8 Å². The first-order chi connectivity index (χ1) is 21.2. The van der Waals surface area contributed by atoms with E-state index in [-0.39, 0.29) is 17.6 Å². The molecular weight excluding hydrogens is 551 g/mol. The highest BCUT2D eigenvalue weighted by atomic mass is 19.1. The van der Waals surface area contributed by atoms with Crippen LogP contribution in [-0.2, 0) is 7.05 Å². The van der Waals surface area contributed by atoms with Crippen molar-refractivity contribution in [1.82, 2.24) is 14.5 Å². The molecule has 0 saturated carbocycles. The first kappa shape index (κ1) is 34.0. The van der Waals surface area contributed by atoms with Crippen LogP contribution >= 0.6 is 0 Å². The number of aromatic nitrogens is 2. The van der Waals surface area contributed by atoms with Crippen LogP contribution in [0.15, 0.2) is 59.6 Å². The third-order valence-electron chi connectivity index (χ3n) is 7.79. The summed E-state index contributed by atoms with van der Waals surface area (Å²) in [6.07, 6.45) is 0. The summed E-state index contributed by atoms with van der Waals surface area (Å²) in [7, 11) is 1.94. The van der Waals surface area contributed by atoms with Gasteiger partial charge in [0.15, 0.2) is 0 Å². The minimum Gasteiger partial charge on any atom is -0.367 e. The van der Waals surface area contributed by atoms with E-state index >= 15 is 0 Å². The Morgan fingerprint density at radius 1 is 1.00 bits per heavy atom. The van der Waals surface area contributed by atoms with Crippen LogP contribution in [0.25, 0.3) is 11.0 Å². The number of nitrogens with zero attached hydrogens (tertiary/aromatic N) is 6. The van der Waals surface area contributed by atoms with E-state index in [9.17, 15) is 14.4 Å². The highest BCUT2D eigenvalue weighted by molar-refractivity contribution is 5.98. The van der Waals surface area contributed by atoms with Crippen molar-refractivity contribution >= 4 is 34.0 Å². The SMILES string of the molecule is CC.CC.CC(=Nc1c(C)cc(C)cc1F)C(C)c1nc2ccc(C(=O)N3CCN(c4ccccc4C#N)CC3)cc2n1C. The van der Waals surface area contributed by atoms with Crippen LogP contribution in [0, 0.1) is 31.0 Å². The van der Waals surface area contributed by atoms with Gasteiger partial charge in [-0.15, -0.1) is 0 Å². The predicted octanol–water partition coefficient (Wildman–Crippen LogP) is 8.11. The zero-order chi connectivity index (χ0) is 32.6. The molecule has 3 aromatic carbocycles. The second kappa shape index (κ2) is 15.3. The van der Waals surface area contributed by atoms with Gasteiger partial charge in [-0.05, 0) is 68.3 Å². The zero-order valence-corrected chi connectivity index (χ0v) is 27.6. The van der Waals surface area contributed by atoms with E-state index in [1.54, 1.807) is 0 Å². The third kappa shape index (κ3) is 7.16. The van der Waals surface area contributed by atoms with Gasteiger partial charge in [-0.2, -0.15) is 5.26 Å². The summed E-state index contributed by atoms with van der Waals surface area (Å²) in [5, 5.41) is 9.44. The fourth-order valence-electron chi connectivity index (χ4n) is 5.42. The molecule has 0 aliphatic carbocycles. The Labute approximate surface area is 261 Å². The minimum atomic E-state index is -0.327. The van der Waals surface area contributed by atoms with Gasteiger partial charge < -0.3 is 14.4 Å². The van der Waals surface area contributed by atoms with Crippen molar-refractivity contribution in [2.45, 2.75) is 61.3 Å². The molecule has 232 valence electrons. The van der Waals surface area contributed by atoms with Gasteiger partial charge in [0.2, 0.25) is 0 Å². The molecular formula is C36H45FN6O. The van der Waals surface area contributed by atoms with Crippen LogP contribution in [0.5, 0.6) is 0 Å². The lowest BCUT2D eigenvalue weighted by molar-refractivity contribution is 0.0747. The summed E-state index contributed by atoms with van der Waals surface area (Å²) >= 11 is 0. The number of hydrogen-bond donors (Lipinski definition) is 0. The maximum absolute atomic E-state index is 14.6. The highest BCUT2D eigenvalue weighted by Crippen LogP contribution is 2.29. The van der Waals surface area contributed by atoms with Crippen molar-refractivity contribution in [3.8, 4) is 6.07 Å². The molecule has 4 aromatic rings. The molecule has 0 spiro atoms. The summed E-state index contributed by atoms with van der Waals surface area (Å²) < 4.78 is 16.6. The van der Waals surface area contributed by atoms with E-state index in [4.69, 9.17) is 4.98 Å². The monoisotopic (exact) mass is 596 g/mol. The topological polar surface area (TPSA) is 77.5 Å². The van der Waals surface area contributed by atoms with E-state index in [0.29, 0.717) is 43.0 Å². The van der Waals surface area contributed by atoms with Crippen LogP contribution in [0.1, 0.15) is 80.3 Å². The normalized spacial score (nSPS) is 13.8. The smallest absolute Gasteiger partial charge is 0.254 e. The predicted molar refractivity (Wildman–Crippen MR) is 180 cm³/mol. The number of carbonyl (C=O) groups is 1. The number of halogens is 1. The van der Waals surface area contributed by atoms with E-state index in [1.807, 2.05) is 120 Å². The van der Waals surface area contributed by atoms with Crippen LogP contribution < -0.4 is 4.90 Å². The van der Waals surface area contributed by atoms with Crippen molar-refractivity contribution in [2.24, 2.45) is 12.0 Å². The molecule has 1 aliphatic heterocycles. The van der Waals surface area contributed by atoms with Gasteiger partial charge >= 0.3 is 0 Å². The number of benzene rings is 3. The summed E-state index contributed by atoms with van der Waals surface area (Å²) in [5.41, 5.74) is 6.61. The Kier molecular flexibility index (Phi) is 11.8. The van der Waals surface area contributed by atoms with Crippen LogP contribution in [0.3, 0.4) is 0 Å². The molecule has 7 nitrogen and oxygen atoms in total. The number of amides is 1. The molecule has 1 saturated heterocycles. The third-order valence-corrected chi connectivity index (χ3v) is 7.79. The van der Waals surface area contributed by atoms with Gasteiger partial charge in [0.05, 0.1) is 28.2 Å². The minimum absolute atomic E-state index is 0.0195. The fraction of sp³-hybridized carbons (Fsp3) is 0.389. The average Bonchev–Trinajstić information content (AvgIpc) is 3.39. The number of carbonyl (C=O) groups excluding carboxylic acids is 1. The number of nitriles is 1. The maximum Gasteiger partial charge on any atom is 0.254 e. The lowest BCUT2D eigenvalue weighted by atomic mass is 10.1. The molecule has 1 atom stereocenters. The largest absolute Gasteiger partial charge is 0.367 e. The average molecular weight is 597 g/mol. The van der Waals surface area contributed by atoms with Crippen LogP contribution in [-0.4, -0.2) is 52.2 Å². The molecule has 8 heteroatoms. The van der Waals surface area contributed by atoms with Gasteiger partial charge in [-0.3, -0.25) is 9.79 Å². The molecule has 2 heterocycles. The van der Waals surface area contributed by atoms with E-state index in [0.717, 1.165) is 39.4 Å². The van der Waals surface area contributed by atoms with Crippen molar-refractivity contribution in [2.75, 3.05) is 31.1 Å². The molecule has 0 N–H and O–H groups in total. The molecule has 44 heavy (non-hydrogen) atoms. The van der Waals surface area contributed by atoms with Crippen molar-refractivity contribution in [3.05, 3.63) is 88.5 Å².